The minimum atomic E-state index is 0.677. The largest absolute Gasteiger partial charge is 0.377 e. The summed E-state index contributed by atoms with van der Waals surface area (Å²) < 4.78 is 6.48. The molecule has 2 nitrogen and oxygen atoms in total. The fourth-order valence-electron chi connectivity index (χ4n) is 1.23. The van der Waals surface area contributed by atoms with Crippen molar-refractivity contribution >= 4 is 15.9 Å². The lowest BCUT2D eigenvalue weighted by Gasteiger charge is -2.07. The van der Waals surface area contributed by atoms with Gasteiger partial charge in [0.05, 0.1) is 6.61 Å². The van der Waals surface area contributed by atoms with Gasteiger partial charge in [-0.05, 0) is 31.2 Å². The normalized spacial score (nSPS) is 10.5. The molecule has 1 N–H and O–H groups in total. The van der Waals surface area contributed by atoms with Gasteiger partial charge in [-0.15, -0.1) is 0 Å². The Labute approximate surface area is 93.8 Å². The summed E-state index contributed by atoms with van der Waals surface area (Å²) in [6.07, 6.45) is 0. The van der Waals surface area contributed by atoms with Gasteiger partial charge in [0.25, 0.3) is 0 Å². The van der Waals surface area contributed by atoms with Crippen LogP contribution in [0.25, 0.3) is 0 Å². The maximum Gasteiger partial charge on any atom is 0.0727 e. The van der Waals surface area contributed by atoms with Crippen LogP contribution in [0.2, 0.25) is 0 Å². The molecule has 0 fully saturated rings. The summed E-state index contributed by atoms with van der Waals surface area (Å²) >= 11 is 3.54. The maximum atomic E-state index is 5.35. The first-order valence-corrected chi connectivity index (χ1v) is 5.57. The smallest absolute Gasteiger partial charge is 0.0727 e. The van der Waals surface area contributed by atoms with Gasteiger partial charge in [0.2, 0.25) is 0 Å². The summed E-state index contributed by atoms with van der Waals surface area (Å²) in [5, 5.41) is 3.12. The second-order valence-corrected chi connectivity index (χ2v) is 3.95. The first kappa shape index (κ1) is 11.7. The average molecular weight is 258 g/mol. The molecule has 0 unspecified atom stereocenters. The van der Waals surface area contributed by atoms with Crippen molar-refractivity contribution in [3.05, 3.63) is 33.8 Å². The molecule has 0 aliphatic carbocycles. The van der Waals surface area contributed by atoms with Crippen LogP contribution in [0.4, 0.5) is 0 Å². The van der Waals surface area contributed by atoms with E-state index in [0.29, 0.717) is 6.61 Å². The third-order valence-corrected chi connectivity index (χ3v) is 2.70. The van der Waals surface area contributed by atoms with Crippen LogP contribution in [0.15, 0.2) is 22.7 Å². The molecule has 0 spiro atoms. The van der Waals surface area contributed by atoms with Crippen molar-refractivity contribution in [3.8, 4) is 0 Å². The van der Waals surface area contributed by atoms with E-state index in [0.717, 1.165) is 17.6 Å². The molecule has 14 heavy (non-hydrogen) atoms. The zero-order valence-corrected chi connectivity index (χ0v) is 10.2. The van der Waals surface area contributed by atoms with Crippen molar-refractivity contribution in [2.24, 2.45) is 0 Å². The predicted molar refractivity (Wildman–Crippen MR) is 62.2 cm³/mol. The molecule has 0 saturated carbocycles. The first-order chi connectivity index (χ1) is 6.77. The molecule has 0 heterocycles. The van der Waals surface area contributed by atoms with Crippen molar-refractivity contribution in [1.29, 1.82) is 0 Å². The van der Waals surface area contributed by atoms with Gasteiger partial charge in [-0.2, -0.15) is 0 Å². The lowest BCUT2D eigenvalue weighted by Crippen LogP contribution is -2.05. The van der Waals surface area contributed by atoms with Crippen LogP contribution in [0.1, 0.15) is 18.1 Å². The molecule has 0 atom stereocenters. The molecule has 0 aliphatic rings. The molecule has 1 aromatic rings. The number of ether oxygens (including phenoxy) is 1. The highest BCUT2D eigenvalue weighted by Gasteiger charge is 2.00. The molecule has 1 aromatic carbocycles. The molecule has 0 saturated heterocycles. The van der Waals surface area contributed by atoms with Gasteiger partial charge in [0.15, 0.2) is 0 Å². The Balaban J connectivity index is 2.68. The van der Waals surface area contributed by atoms with Crippen LogP contribution in [-0.2, 0) is 17.9 Å². The summed E-state index contributed by atoms with van der Waals surface area (Å²) in [6, 6.07) is 6.35. The Hall–Kier alpha value is -0.380. The number of nitrogens with one attached hydrogen (secondary N) is 1. The second-order valence-electron chi connectivity index (χ2n) is 3.09. The van der Waals surface area contributed by atoms with Crippen molar-refractivity contribution < 1.29 is 4.74 Å². The first-order valence-electron chi connectivity index (χ1n) is 4.77. The van der Waals surface area contributed by atoms with Gasteiger partial charge in [-0.3, -0.25) is 0 Å². The minimum Gasteiger partial charge on any atom is -0.377 e. The van der Waals surface area contributed by atoms with E-state index in [2.05, 4.69) is 39.4 Å². The van der Waals surface area contributed by atoms with Gasteiger partial charge >= 0.3 is 0 Å². The number of hydrogen-bond acceptors (Lipinski definition) is 2. The molecule has 0 aliphatic heterocycles. The summed E-state index contributed by atoms with van der Waals surface area (Å²) in [7, 11) is 1.95. The van der Waals surface area contributed by atoms with Gasteiger partial charge < -0.3 is 10.1 Å². The third-order valence-electron chi connectivity index (χ3n) is 1.96. The van der Waals surface area contributed by atoms with E-state index >= 15 is 0 Å². The van der Waals surface area contributed by atoms with Crippen LogP contribution >= 0.6 is 15.9 Å². The quantitative estimate of drug-likeness (QED) is 0.876. The summed E-state index contributed by atoms with van der Waals surface area (Å²) in [4.78, 5) is 0. The van der Waals surface area contributed by atoms with Crippen LogP contribution in [0.3, 0.4) is 0 Å². The minimum absolute atomic E-state index is 0.677. The second kappa shape index (κ2) is 6.17. The summed E-state index contributed by atoms with van der Waals surface area (Å²) in [5.74, 6) is 0. The monoisotopic (exact) mass is 257 g/mol. The van der Waals surface area contributed by atoms with E-state index < -0.39 is 0 Å². The van der Waals surface area contributed by atoms with Crippen molar-refractivity contribution in [3.63, 3.8) is 0 Å². The molecule has 0 amide bonds. The Kier molecular flexibility index (Phi) is 5.15. The number of halogens is 1. The Bertz CT molecular complexity index is 289. The number of hydrogen-bond donors (Lipinski definition) is 1. The predicted octanol–water partition coefficient (Wildman–Crippen LogP) is 2.71. The lowest BCUT2D eigenvalue weighted by atomic mass is 10.1. The molecule has 0 bridgehead atoms. The fraction of sp³-hybridized carbons (Fsp3) is 0.455. The molecule has 78 valence electrons. The molecule has 0 aromatic heterocycles. The Morgan fingerprint density at radius 3 is 2.79 bits per heavy atom. The van der Waals surface area contributed by atoms with Gasteiger partial charge in [-0.25, -0.2) is 0 Å². The van der Waals surface area contributed by atoms with Crippen molar-refractivity contribution in [2.45, 2.75) is 20.1 Å². The van der Waals surface area contributed by atoms with E-state index in [1.807, 2.05) is 14.0 Å². The van der Waals surface area contributed by atoms with Gasteiger partial charge in [0.1, 0.15) is 0 Å². The summed E-state index contributed by atoms with van der Waals surface area (Å²) in [5.41, 5.74) is 2.48. The van der Waals surface area contributed by atoms with E-state index in [1.165, 1.54) is 11.1 Å². The van der Waals surface area contributed by atoms with Crippen LogP contribution in [0, 0.1) is 0 Å². The standard InChI is InChI=1S/C11H16BrNO/c1-3-14-8-10-5-4-9(7-13-2)6-11(10)12/h4-6,13H,3,7-8H2,1-2H3. The van der Waals surface area contributed by atoms with Gasteiger partial charge in [-0.1, -0.05) is 28.1 Å². The van der Waals surface area contributed by atoms with Crippen molar-refractivity contribution in [2.75, 3.05) is 13.7 Å². The molecule has 3 heteroatoms. The number of benzene rings is 1. The fourth-order valence-corrected chi connectivity index (χ4v) is 1.77. The van der Waals surface area contributed by atoms with Crippen molar-refractivity contribution in [1.82, 2.24) is 5.32 Å². The third kappa shape index (κ3) is 3.40. The molecular weight excluding hydrogens is 242 g/mol. The van der Waals surface area contributed by atoms with E-state index in [4.69, 9.17) is 4.74 Å². The Morgan fingerprint density at radius 2 is 2.21 bits per heavy atom. The molecular formula is C11H16BrNO. The molecule has 1 rings (SSSR count). The number of rotatable bonds is 5. The van der Waals surface area contributed by atoms with Gasteiger partial charge in [0, 0.05) is 17.6 Å². The summed E-state index contributed by atoms with van der Waals surface area (Å²) in [6.45, 7) is 4.33. The van der Waals surface area contributed by atoms with Crippen LogP contribution in [0.5, 0.6) is 0 Å². The van der Waals surface area contributed by atoms with Crippen LogP contribution in [-0.4, -0.2) is 13.7 Å². The Morgan fingerprint density at radius 1 is 1.43 bits per heavy atom. The van der Waals surface area contributed by atoms with Crippen LogP contribution < -0.4 is 5.32 Å². The SMILES string of the molecule is CCOCc1ccc(CNC)cc1Br. The highest BCUT2D eigenvalue weighted by Crippen LogP contribution is 2.19. The zero-order chi connectivity index (χ0) is 10.4. The lowest BCUT2D eigenvalue weighted by molar-refractivity contribution is 0.133. The zero-order valence-electron chi connectivity index (χ0n) is 8.64. The maximum absolute atomic E-state index is 5.35. The van der Waals surface area contributed by atoms with E-state index in [1.54, 1.807) is 0 Å². The highest BCUT2D eigenvalue weighted by atomic mass is 79.9. The molecule has 0 radical (unpaired) electrons. The van der Waals surface area contributed by atoms with E-state index in [-0.39, 0.29) is 0 Å². The average Bonchev–Trinajstić information content (AvgIpc) is 2.17. The highest BCUT2D eigenvalue weighted by molar-refractivity contribution is 9.10. The van der Waals surface area contributed by atoms with E-state index in [9.17, 15) is 0 Å². The topological polar surface area (TPSA) is 21.3 Å².